The van der Waals surface area contributed by atoms with Gasteiger partial charge in [0.15, 0.2) is 11.5 Å². The molecule has 1 aliphatic heterocycles. The van der Waals surface area contributed by atoms with E-state index in [2.05, 4.69) is 24.1 Å². The van der Waals surface area contributed by atoms with Gasteiger partial charge in [-0.1, -0.05) is 6.07 Å². The Kier molecular flexibility index (Phi) is 4.66. The highest BCUT2D eigenvalue weighted by Crippen LogP contribution is 2.33. The molecule has 1 aliphatic rings. The van der Waals surface area contributed by atoms with E-state index in [1.54, 1.807) is 7.11 Å². The van der Waals surface area contributed by atoms with Gasteiger partial charge in [-0.2, -0.15) is 0 Å². The molecule has 2 atom stereocenters. The number of likely N-dealkylation sites (tertiary alicyclic amines) is 1. The third-order valence-corrected chi connectivity index (χ3v) is 3.79. The normalized spacial score (nSPS) is 24.2. The molecule has 1 fully saturated rings. The summed E-state index contributed by atoms with van der Waals surface area (Å²) in [7, 11) is 3.81. The first-order valence-electron chi connectivity index (χ1n) is 6.90. The van der Waals surface area contributed by atoms with Crippen LogP contribution in [-0.2, 0) is 0 Å². The third kappa shape index (κ3) is 3.19. The largest absolute Gasteiger partial charge is 0.493 e. The second-order valence-corrected chi connectivity index (χ2v) is 5.16. The van der Waals surface area contributed by atoms with Gasteiger partial charge in [0.25, 0.3) is 0 Å². The molecule has 0 spiro atoms. The van der Waals surface area contributed by atoms with Crippen molar-refractivity contribution in [3.8, 4) is 11.5 Å². The average Bonchev–Trinajstić information content (AvgIpc) is 2.42. The highest BCUT2D eigenvalue weighted by atomic mass is 16.5. The van der Waals surface area contributed by atoms with Crippen LogP contribution in [0.5, 0.6) is 11.5 Å². The molecule has 0 saturated carbocycles. The Morgan fingerprint density at radius 2 is 2.16 bits per heavy atom. The molecule has 2 N–H and O–H groups in total. The number of methoxy groups -OCH3 is 1. The number of nitrogens with two attached hydrogens (primary N) is 1. The fourth-order valence-corrected chi connectivity index (χ4v) is 2.68. The lowest BCUT2D eigenvalue weighted by molar-refractivity contribution is 0.227. The lowest BCUT2D eigenvalue weighted by atomic mass is 9.86. The Bertz CT molecular complexity index is 423. The SMILES string of the molecule is CCOc1cc(C2CN(C)CCC2N)ccc1OC. The molecule has 1 heterocycles. The zero-order chi connectivity index (χ0) is 13.8. The van der Waals surface area contributed by atoms with Crippen LogP contribution in [0.4, 0.5) is 0 Å². The standard InChI is InChI=1S/C15H24N2O2/c1-4-19-15-9-11(5-6-14(15)18-3)12-10-17(2)8-7-13(12)16/h5-6,9,12-13H,4,7-8,10,16H2,1-3H3. The predicted octanol–water partition coefficient (Wildman–Crippen LogP) is 1.84. The minimum Gasteiger partial charge on any atom is -0.493 e. The van der Waals surface area contributed by atoms with Gasteiger partial charge >= 0.3 is 0 Å². The van der Waals surface area contributed by atoms with Crippen LogP contribution >= 0.6 is 0 Å². The Morgan fingerprint density at radius 1 is 1.37 bits per heavy atom. The van der Waals surface area contributed by atoms with Crippen molar-refractivity contribution in [2.75, 3.05) is 33.9 Å². The Hall–Kier alpha value is -1.26. The summed E-state index contributed by atoms with van der Waals surface area (Å²) in [6, 6.07) is 6.37. The summed E-state index contributed by atoms with van der Waals surface area (Å²) in [4.78, 5) is 2.33. The van der Waals surface area contributed by atoms with Crippen LogP contribution in [0.2, 0.25) is 0 Å². The fraction of sp³-hybridized carbons (Fsp3) is 0.600. The van der Waals surface area contributed by atoms with Gasteiger partial charge < -0.3 is 20.1 Å². The van der Waals surface area contributed by atoms with E-state index in [-0.39, 0.29) is 6.04 Å². The zero-order valence-corrected chi connectivity index (χ0v) is 12.1. The quantitative estimate of drug-likeness (QED) is 0.901. The van der Waals surface area contributed by atoms with Crippen LogP contribution in [0.3, 0.4) is 0 Å². The number of hydrogen-bond acceptors (Lipinski definition) is 4. The van der Waals surface area contributed by atoms with Crippen molar-refractivity contribution in [2.45, 2.75) is 25.3 Å². The molecule has 19 heavy (non-hydrogen) atoms. The highest BCUT2D eigenvalue weighted by Gasteiger charge is 2.26. The lowest BCUT2D eigenvalue weighted by Gasteiger charge is -2.35. The molecule has 0 radical (unpaired) electrons. The molecule has 4 nitrogen and oxygen atoms in total. The van der Waals surface area contributed by atoms with Gasteiger partial charge in [0.1, 0.15) is 0 Å². The van der Waals surface area contributed by atoms with Gasteiger partial charge in [0.2, 0.25) is 0 Å². The monoisotopic (exact) mass is 264 g/mol. The summed E-state index contributed by atoms with van der Waals surface area (Å²) in [6.45, 7) is 4.69. The van der Waals surface area contributed by atoms with Gasteiger partial charge in [-0.3, -0.25) is 0 Å². The Labute approximate surface area is 115 Å². The number of likely N-dealkylation sites (N-methyl/N-ethyl adjacent to an activating group) is 1. The van der Waals surface area contributed by atoms with E-state index in [1.807, 2.05) is 13.0 Å². The second kappa shape index (κ2) is 6.26. The first-order chi connectivity index (χ1) is 9.15. The van der Waals surface area contributed by atoms with Crippen LogP contribution < -0.4 is 15.2 Å². The molecule has 1 aromatic carbocycles. The van der Waals surface area contributed by atoms with Crippen molar-refractivity contribution in [2.24, 2.45) is 5.73 Å². The van der Waals surface area contributed by atoms with Crippen molar-refractivity contribution in [1.29, 1.82) is 0 Å². The van der Waals surface area contributed by atoms with Crippen LogP contribution in [0.15, 0.2) is 18.2 Å². The number of benzene rings is 1. The molecule has 1 aromatic rings. The summed E-state index contributed by atoms with van der Waals surface area (Å²) in [5.74, 6) is 1.95. The van der Waals surface area contributed by atoms with Gasteiger partial charge in [0, 0.05) is 18.5 Å². The summed E-state index contributed by atoms with van der Waals surface area (Å²) in [5.41, 5.74) is 7.51. The van der Waals surface area contributed by atoms with Crippen molar-refractivity contribution >= 4 is 0 Å². The number of piperidine rings is 1. The summed E-state index contributed by atoms with van der Waals surface area (Å²) < 4.78 is 11.0. The second-order valence-electron chi connectivity index (χ2n) is 5.16. The van der Waals surface area contributed by atoms with E-state index in [4.69, 9.17) is 15.2 Å². The number of ether oxygens (including phenoxy) is 2. The minimum atomic E-state index is 0.221. The Morgan fingerprint density at radius 3 is 2.84 bits per heavy atom. The average molecular weight is 264 g/mol. The van der Waals surface area contributed by atoms with Crippen molar-refractivity contribution in [3.05, 3.63) is 23.8 Å². The third-order valence-electron chi connectivity index (χ3n) is 3.79. The van der Waals surface area contributed by atoms with Crippen LogP contribution in [-0.4, -0.2) is 44.8 Å². The molecular weight excluding hydrogens is 240 g/mol. The smallest absolute Gasteiger partial charge is 0.161 e. The summed E-state index contributed by atoms with van der Waals surface area (Å²) >= 11 is 0. The maximum Gasteiger partial charge on any atom is 0.161 e. The van der Waals surface area contributed by atoms with Gasteiger partial charge in [-0.05, 0) is 44.6 Å². The molecule has 1 saturated heterocycles. The van der Waals surface area contributed by atoms with E-state index < -0.39 is 0 Å². The number of hydrogen-bond donors (Lipinski definition) is 1. The van der Waals surface area contributed by atoms with E-state index >= 15 is 0 Å². The highest BCUT2D eigenvalue weighted by molar-refractivity contribution is 5.44. The fourth-order valence-electron chi connectivity index (χ4n) is 2.68. The lowest BCUT2D eigenvalue weighted by Crippen LogP contribution is -2.44. The molecular formula is C15H24N2O2. The van der Waals surface area contributed by atoms with Gasteiger partial charge in [-0.25, -0.2) is 0 Å². The van der Waals surface area contributed by atoms with Crippen molar-refractivity contribution in [3.63, 3.8) is 0 Å². The maximum atomic E-state index is 6.27. The molecule has 0 bridgehead atoms. The summed E-state index contributed by atoms with van der Waals surface area (Å²) in [6.07, 6.45) is 1.04. The van der Waals surface area contributed by atoms with Crippen LogP contribution in [0, 0.1) is 0 Å². The summed E-state index contributed by atoms with van der Waals surface area (Å²) in [5, 5.41) is 0. The van der Waals surface area contributed by atoms with E-state index in [9.17, 15) is 0 Å². The van der Waals surface area contributed by atoms with Gasteiger partial charge in [0.05, 0.1) is 13.7 Å². The molecule has 2 unspecified atom stereocenters. The molecule has 2 rings (SSSR count). The van der Waals surface area contributed by atoms with E-state index in [0.29, 0.717) is 12.5 Å². The molecule has 106 valence electrons. The molecule has 0 aliphatic carbocycles. The van der Waals surface area contributed by atoms with Crippen LogP contribution in [0.25, 0.3) is 0 Å². The number of rotatable bonds is 4. The predicted molar refractivity (Wildman–Crippen MR) is 77.0 cm³/mol. The number of nitrogens with zero attached hydrogens (tertiary/aromatic N) is 1. The van der Waals surface area contributed by atoms with E-state index in [0.717, 1.165) is 31.0 Å². The first kappa shape index (κ1) is 14.2. The first-order valence-corrected chi connectivity index (χ1v) is 6.90. The molecule has 0 aromatic heterocycles. The minimum absolute atomic E-state index is 0.221. The Balaban J connectivity index is 2.26. The van der Waals surface area contributed by atoms with Crippen molar-refractivity contribution in [1.82, 2.24) is 4.90 Å². The topological polar surface area (TPSA) is 47.7 Å². The van der Waals surface area contributed by atoms with Gasteiger partial charge in [-0.15, -0.1) is 0 Å². The van der Waals surface area contributed by atoms with Crippen molar-refractivity contribution < 1.29 is 9.47 Å². The molecule has 4 heteroatoms. The van der Waals surface area contributed by atoms with Crippen LogP contribution in [0.1, 0.15) is 24.8 Å². The maximum absolute atomic E-state index is 6.27. The van der Waals surface area contributed by atoms with E-state index in [1.165, 1.54) is 5.56 Å². The zero-order valence-electron chi connectivity index (χ0n) is 12.1. The molecule has 0 amide bonds.